The number of halogens is 1. The minimum absolute atomic E-state index is 0.163. The highest BCUT2D eigenvalue weighted by molar-refractivity contribution is 8.26. The van der Waals surface area contributed by atoms with E-state index in [2.05, 4.69) is 11.0 Å². The first-order valence-corrected chi connectivity index (χ1v) is 15.0. The molecule has 2 aliphatic heterocycles. The Morgan fingerprint density at radius 1 is 1.13 bits per heavy atom. The molecule has 2 heterocycles. The molecule has 1 atom stereocenters. The van der Waals surface area contributed by atoms with Crippen molar-refractivity contribution in [3.8, 4) is 0 Å². The maximum Gasteiger partial charge on any atom is 0.266 e. The molecule has 1 aliphatic carbocycles. The van der Waals surface area contributed by atoms with Gasteiger partial charge in [0.2, 0.25) is 0 Å². The van der Waals surface area contributed by atoms with Gasteiger partial charge in [-0.3, -0.25) is 14.5 Å². The van der Waals surface area contributed by atoms with E-state index in [1.807, 2.05) is 29.0 Å². The summed E-state index contributed by atoms with van der Waals surface area (Å²) < 4.78 is 39.9. The van der Waals surface area contributed by atoms with Crippen LogP contribution in [0.4, 0.5) is 10.1 Å². The van der Waals surface area contributed by atoms with Gasteiger partial charge in [-0.15, -0.1) is 0 Å². The van der Waals surface area contributed by atoms with Crippen LogP contribution >= 0.6 is 24.0 Å². The topological polar surface area (TPSA) is 86.8 Å². The number of piperidine rings is 1. The lowest BCUT2D eigenvalue weighted by Gasteiger charge is -2.37. The molecule has 5 rings (SSSR count). The number of carbonyl (C=O) groups excluding carboxylic acids is 2. The molecule has 7 nitrogen and oxygen atoms in total. The lowest BCUT2D eigenvalue weighted by Crippen LogP contribution is -2.41. The molecule has 2 amide bonds. The fourth-order valence-corrected chi connectivity index (χ4v) is 7.16. The van der Waals surface area contributed by atoms with E-state index in [0.717, 1.165) is 71.2 Å². The van der Waals surface area contributed by atoms with E-state index in [0.29, 0.717) is 4.91 Å². The molecule has 38 heavy (non-hydrogen) atoms. The number of anilines is 1. The summed E-state index contributed by atoms with van der Waals surface area (Å²) in [6, 6.07) is 12.1. The number of fused-ring (bicyclic) bond motifs is 1. The molecule has 0 bridgehead atoms. The van der Waals surface area contributed by atoms with E-state index in [1.54, 1.807) is 11.6 Å². The number of rotatable bonds is 6. The molecule has 2 fully saturated rings. The first-order chi connectivity index (χ1) is 18.2. The van der Waals surface area contributed by atoms with E-state index in [9.17, 15) is 22.4 Å². The van der Waals surface area contributed by atoms with Gasteiger partial charge in [-0.25, -0.2) is 17.5 Å². The van der Waals surface area contributed by atoms with Crippen molar-refractivity contribution < 1.29 is 22.4 Å². The van der Waals surface area contributed by atoms with Crippen LogP contribution in [-0.2, 0) is 19.6 Å². The third-order valence-corrected chi connectivity index (χ3v) is 9.68. The van der Waals surface area contributed by atoms with Crippen LogP contribution in [0.3, 0.4) is 0 Å². The number of allylic oxidation sites excluding steroid dienone is 1. The molecule has 0 aromatic heterocycles. The highest BCUT2D eigenvalue weighted by atomic mass is 32.2. The average molecular weight is 572 g/mol. The molecule has 11 heteroatoms. The number of carbonyl (C=O) groups is 2. The fraction of sp³-hybridized carbons (Fsp3) is 0.296. The summed E-state index contributed by atoms with van der Waals surface area (Å²) in [6.45, 7) is 1.44. The highest BCUT2D eigenvalue weighted by Crippen LogP contribution is 2.35. The van der Waals surface area contributed by atoms with Gasteiger partial charge < -0.3 is 4.90 Å². The summed E-state index contributed by atoms with van der Waals surface area (Å²) in [7, 11) is -4.21. The minimum Gasteiger partial charge on any atom is -0.368 e. The zero-order valence-corrected chi connectivity index (χ0v) is 22.9. The summed E-state index contributed by atoms with van der Waals surface area (Å²) in [5.74, 6) is -1.26. The summed E-state index contributed by atoms with van der Waals surface area (Å²) in [4.78, 5) is 28.9. The maximum atomic E-state index is 13.1. The largest absolute Gasteiger partial charge is 0.368 e. The van der Waals surface area contributed by atoms with Gasteiger partial charge in [0.15, 0.2) is 0 Å². The van der Waals surface area contributed by atoms with E-state index >= 15 is 0 Å². The number of thioether (sulfide) groups is 1. The number of benzene rings is 2. The Morgan fingerprint density at radius 3 is 2.61 bits per heavy atom. The number of hydrogen-bond donors (Lipinski definition) is 1. The van der Waals surface area contributed by atoms with Crippen LogP contribution in [0, 0.1) is 11.7 Å². The second-order valence-corrected chi connectivity index (χ2v) is 12.8. The second kappa shape index (κ2) is 11.0. The Kier molecular flexibility index (Phi) is 7.69. The van der Waals surface area contributed by atoms with Crippen LogP contribution in [-0.4, -0.2) is 49.1 Å². The zero-order chi connectivity index (χ0) is 26.9. The smallest absolute Gasteiger partial charge is 0.266 e. The Labute approximate surface area is 230 Å². The molecule has 2 saturated heterocycles. The van der Waals surface area contributed by atoms with Crippen molar-refractivity contribution in [3.05, 3.63) is 76.5 Å². The first-order valence-electron chi connectivity index (χ1n) is 12.3. The SMILES string of the molecule is O=C(CN1C(=O)C(=Cc2ccc(N3CC[C@@H]4CCCC=C4C3)cc2)SC1=S)NS(=O)(=O)c1ccc(F)cc1. The normalized spacial score (nSPS) is 20.9. The number of sulfonamides is 1. The highest BCUT2D eigenvalue weighted by Gasteiger charge is 2.34. The quantitative estimate of drug-likeness (QED) is 0.311. The van der Waals surface area contributed by atoms with Crippen molar-refractivity contribution in [2.75, 3.05) is 24.5 Å². The molecule has 2 aromatic carbocycles. The Hall–Kier alpha value is -3.02. The molecule has 2 aromatic rings. The number of nitrogens with zero attached hydrogens (tertiary/aromatic N) is 2. The fourth-order valence-electron chi connectivity index (χ4n) is 4.93. The van der Waals surface area contributed by atoms with Crippen molar-refractivity contribution in [1.29, 1.82) is 0 Å². The zero-order valence-electron chi connectivity index (χ0n) is 20.4. The Bertz CT molecular complexity index is 1440. The van der Waals surface area contributed by atoms with Crippen LogP contribution in [0.25, 0.3) is 6.08 Å². The molecule has 0 radical (unpaired) electrons. The van der Waals surface area contributed by atoms with E-state index in [1.165, 1.54) is 25.7 Å². The molecule has 0 unspecified atom stereocenters. The van der Waals surface area contributed by atoms with Gasteiger partial charge in [-0.1, -0.05) is 47.8 Å². The van der Waals surface area contributed by atoms with Crippen LogP contribution < -0.4 is 9.62 Å². The predicted molar refractivity (Wildman–Crippen MR) is 150 cm³/mol. The third-order valence-electron chi connectivity index (χ3n) is 6.91. The first kappa shape index (κ1) is 26.6. The number of amides is 2. The molecule has 3 aliphatic rings. The van der Waals surface area contributed by atoms with Gasteiger partial charge in [-0.05, 0) is 79.6 Å². The lowest BCUT2D eigenvalue weighted by molar-refractivity contribution is -0.127. The molecule has 1 N–H and O–H groups in total. The van der Waals surface area contributed by atoms with Gasteiger partial charge in [0.05, 0.1) is 9.80 Å². The molecular weight excluding hydrogens is 546 g/mol. The van der Waals surface area contributed by atoms with Crippen molar-refractivity contribution in [1.82, 2.24) is 9.62 Å². The molecule has 0 saturated carbocycles. The number of hydrogen-bond acceptors (Lipinski definition) is 7. The summed E-state index contributed by atoms with van der Waals surface area (Å²) in [5, 5.41) is 0. The van der Waals surface area contributed by atoms with E-state index in [4.69, 9.17) is 12.2 Å². The summed E-state index contributed by atoms with van der Waals surface area (Å²) in [5.41, 5.74) is 3.51. The van der Waals surface area contributed by atoms with E-state index in [-0.39, 0.29) is 9.22 Å². The minimum atomic E-state index is -4.21. The van der Waals surface area contributed by atoms with Gasteiger partial charge in [-0.2, -0.15) is 0 Å². The van der Waals surface area contributed by atoms with Crippen molar-refractivity contribution >= 4 is 61.9 Å². The summed E-state index contributed by atoms with van der Waals surface area (Å²) in [6.07, 6.45) is 9.04. The van der Waals surface area contributed by atoms with Gasteiger partial charge in [0.25, 0.3) is 21.8 Å². The molecule has 0 spiro atoms. The second-order valence-electron chi connectivity index (χ2n) is 9.46. The molecular formula is C27H26FN3O4S3. The monoisotopic (exact) mass is 571 g/mol. The molecule has 198 valence electrons. The van der Waals surface area contributed by atoms with Gasteiger partial charge in [0, 0.05) is 18.8 Å². The Morgan fingerprint density at radius 2 is 1.87 bits per heavy atom. The van der Waals surface area contributed by atoms with Gasteiger partial charge >= 0.3 is 0 Å². The summed E-state index contributed by atoms with van der Waals surface area (Å²) >= 11 is 6.33. The lowest BCUT2D eigenvalue weighted by atomic mass is 9.82. The van der Waals surface area contributed by atoms with Crippen molar-refractivity contribution in [2.24, 2.45) is 5.92 Å². The van der Waals surface area contributed by atoms with Crippen LogP contribution in [0.2, 0.25) is 0 Å². The van der Waals surface area contributed by atoms with Crippen molar-refractivity contribution in [3.63, 3.8) is 0 Å². The third kappa shape index (κ3) is 5.84. The van der Waals surface area contributed by atoms with Crippen LogP contribution in [0.1, 0.15) is 31.2 Å². The van der Waals surface area contributed by atoms with Crippen molar-refractivity contribution in [2.45, 2.75) is 30.6 Å². The van der Waals surface area contributed by atoms with Gasteiger partial charge in [0.1, 0.15) is 16.7 Å². The predicted octanol–water partition coefficient (Wildman–Crippen LogP) is 4.47. The number of thiocarbonyl (C=S) groups is 1. The Balaban J connectivity index is 1.22. The standard InChI is InChI=1S/C27H26FN3O4S3/c28-21-7-11-23(12-8-21)38(34,35)29-25(32)17-31-26(33)24(37-27(31)36)15-18-5-9-22(10-6-18)30-14-13-19-3-1-2-4-20(19)16-30/h4-12,15,19H,1-3,13-14,16-17H2,(H,29,32)/t19-/m0/s1. The van der Waals surface area contributed by atoms with E-state index < -0.39 is 34.2 Å². The maximum absolute atomic E-state index is 13.1. The van der Waals surface area contributed by atoms with Crippen LogP contribution in [0.15, 0.2) is 70.0 Å². The average Bonchev–Trinajstić information content (AvgIpc) is 3.16. The van der Waals surface area contributed by atoms with Crippen LogP contribution in [0.5, 0.6) is 0 Å². The number of nitrogens with one attached hydrogen (secondary N) is 1.